The molecule has 5 rings (SSSR count). The largest absolute Gasteiger partial charge is 0.481 e. The first-order chi connectivity index (χ1) is 16.4. The molecule has 0 saturated heterocycles. The topological polar surface area (TPSA) is 134 Å². The van der Waals surface area contributed by atoms with Gasteiger partial charge in [-0.2, -0.15) is 5.10 Å². The molecule has 0 spiro atoms. The zero-order chi connectivity index (χ0) is 23.9. The first-order valence-electron chi connectivity index (χ1n) is 10.8. The zero-order valence-corrected chi connectivity index (χ0v) is 19.2. The maximum absolute atomic E-state index is 14.9. The van der Waals surface area contributed by atoms with Gasteiger partial charge in [0.1, 0.15) is 10.7 Å². The van der Waals surface area contributed by atoms with Gasteiger partial charge < -0.3 is 14.8 Å². The molecule has 2 amide bonds. The van der Waals surface area contributed by atoms with E-state index in [1.54, 1.807) is 16.8 Å². The summed E-state index contributed by atoms with van der Waals surface area (Å²) >= 11 is 0. The number of urea groups is 1. The Kier molecular flexibility index (Phi) is 5.70. The summed E-state index contributed by atoms with van der Waals surface area (Å²) in [4.78, 5) is 17.1. The maximum atomic E-state index is 14.9. The van der Waals surface area contributed by atoms with E-state index in [9.17, 15) is 13.4 Å². The van der Waals surface area contributed by atoms with Crippen molar-refractivity contribution in [3.8, 4) is 22.9 Å². The van der Waals surface area contributed by atoms with Gasteiger partial charge in [-0.1, -0.05) is 0 Å². The number of anilines is 1. The summed E-state index contributed by atoms with van der Waals surface area (Å²) in [6.07, 6.45) is 5.50. The second-order valence-corrected chi connectivity index (χ2v) is 9.77. The zero-order valence-electron chi connectivity index (χ0n) is 18.4. The third kappa shape index (κ3) is 3.99. The lowest BCUT2D eigenvalue weighted by atomic mass is 9.97. The number of methoxy groups -OCH3 is 1. The lowest BCUT2D eigenvalue weighted by Gasteiger charge is -2.17. The van der Waals surface area contributed by atoms with Gasteiger partial charge in [-0.15, -0.1) is 4.36 Å². The number of pyridine rings is 1. The van der Waals surface area contributed by atoms with Gasteiger partial charge in [0.15, 0.2) is 9.92 Å². The molecule has 10 nitrogen and oxygen atoms in total. The molecule has 178 valence electrons. The van der Waals surface area contributed by atoms with Crippen LogP contribution in [-0.2, 0) is 29.3 Å². The highest BCUT2D eigenvalue weighted by Crippen LogP contribution is 2.40. The Bertz CT molecular complexity index is 1410. The number of nitrogens with zero attached hydrogens (tertiary/aromatic N) is 4. The molecule has 0 fully saturated rings. The number of hydrogen-bond donors (Lipinski definition) is 2. The SMILES string of the molecule is COc1cc(-c2cc(F)c3c(c2NC(=O)N=S(N)(=O)c2cnn4c2OCCC4)CCC3)ccn1. The molecule has 2 aliphatic rings. The van der Waals surface area contributed by atoms with Crippen LogP contribution in [0.3, 0.4) is 0 Å². The van der Waals surface area contributed by atoms with Crippen molar-refractivity contribution in [3.05, 3.63) is 47.5 Å². The highest BCUT2D eigenvalue weighted by atomic mass is 32.2. The van der Waals surface area contributed by atoms with Crippen molar-refractivity contribution in [1.82, 2.24) is 14.8 Å². The van der Waals surface area contributed by atoms with Crippen molar-refractivity contribution in [2.45, 2.75) is 37.1 Å². The number of hydrogen-bond acceptors (Lipinski definition) is 6. The Morgan fingerprint density at radius 3 is 2.97 bits per heavy atom. The smallest absolute Gasteiger partial charge is 0.354 e. The van der Waals surface area contributed by atoms with Crippen LogP contribution in [0.15, 0.2) is 39.9 Å². The fourth-order valence-electron chi connectivity index (χ4n) is 4.34. The van der Waals surface area contributed by atoms with Crippen LogP contribution >= 0.6 is 0 Å². The molecular weight excluding hydrogens is 463 g/mol. The Labute approximate surface area is 195 Å². The number of benzene rings is 1. The Hall–Kier alpha value is -3.51. The number of nitrogens with one attached hydrogen (secondary N) is 1. The Morgan fingerprint density at radius 1 is 1.32 bits per heavy atom. The lowest BCUT2D eigenvalue weighted by molar-refractivity contribution is 0.224. The van der Waals surface area contributed by atoms with E-state index in [-0.39, 0.29) is 16.6 Å². The molecule has 2 aromatic heterocycles. The number of ether oxygens (including phenoxy) is 2. The monoisotopic (exact) mass is 486 g/mol. The Morgan fingerprint density at radius 2 is 2.15 bits per heavy atom. The van der Waals surface area contributed by atoms with Crippen molar-refractivity contribution >= 4 is 21.6 Å². The first-order valence-corrected chi connectivity index (χ1v) is 12.3. The van der Waals surface area contributed by atoms with Crippen molar-refractivity contribution < 1.29 is 22.9 Å². The molecule has 1 aromatic carbocycles. The normalized spacial score (nSPS) is 16.1. The minimum atomic E-state index is -3.64. The van der Waals surface area contributed by atoms with Gasteiger partial charge in [0, 0.05) is 30.8 Å². The van der Waals surface area contributed by atoms with Crippen molar-refractivity contribution in [2.75, 3.05) is 19.0 Å². The summed E-state index contributed by atoms with van der Waals surface area (Å²) in [6, 6.07) is 3.79. The molecule has 3 heterocycles. The van der Waals surface area contributed by atoms with E-state index in [2.05, 4.69) is 19.8 Å². The number of aryl methyl sites for hydroxylation is 1. The summed E-state index contributed by atoms with van der Waals surface area (Å²) in [6.45, 7) is 1.03. The maximum Gasteiger partial charge on any atom is 0.354 e. The van der Waals surface area contributed by atoms with Gasteiger partial charge in [0.25, 0.3) is 0 Å². The molecule has 0 saturated carbocycles. The summed E-state index contributed by atoms with van der Waals surface area (Å²) in [7, 11) is -2.16. The average molecular weight is 487 g/mol. The van der Waals surface area contributed by atoms with E-state index in [0.717, 1.165) is 12.8 Å². The molecule has 34 heavy (non-hydrogen) atoms. The fraction of sp³-hybridized carbons (Fsp3) is 0.318. The van der Waals surface area contributed by atoms with E-state index < -0.39 is 15.9 Å². The number of aromatic nitrogens is 3. The molecule has 3 aromatic rings. The van der Waals surface area contributed by atoms with Gasteiger partial charge in [-0.05, 0) is 48.1 Å². The summed E-state index contributed by atoms with van der Waals surface area (Å²) < 4.78 is 44.1. The van der Waals surface area contributed by atoms with Gasteiger partial charge in [-0.3, -0.25) is 0 Å². The number of amides is 2. The second kappa shape index (κ2) is 8.69. The van der Waals surface area contributed by atoms with Crippen LogP contribution in [0.5, 0.6) is 11.8 Å². The predicted octanol–water partition coefficient (Wildman–Crippen LogP) is 3.30. The van der Waals surface area contributed by atoms with Crippen LogP contribution in [0.25, 0.3) is 11.1 Å². The molecule has 0 bridgehead atoms. The van der Waals surface area contributed by atoms with Gasteiger partial charge in [0.2, 0.25) is 11.8 Å². The molecular formula is C22H23FN6O4S. The van der Waals surface area contributed by atoms with Crippen molar-refractivity contribution in [3.63, 3.8) is 0 Å². The minimum absolute atomic E-state index is 0.0609. The highest BCUT2D eigenvalue weighted by molar-refractivity contribution is 7.91. The van der Waals surface area contributed by atoms with Crippen LogP contribution < -0.4 is 19.9 Å². The number of fused-ring (bicyclic) bond motifs is 2. The number of carbonyl (C=O) groups is 1. The van der Waals surface area contributed by atoms with Gasteiger partial charge >= 0.3 is 6.03 Å². The fourth-order valence-corrected chi connectivity index (χ4v) is 5.34. The first kappa shape index (κ1) is 22.3. The summed E-state index contributed by atoms with van der Waals surface area (Å²) in [5.74, 6) is 0.248. The van der Waals surface area contributed by atoms with Crippen LogP contribution in [0, 0.1) is 5.82 Å². The molecule has 3 N–H and O–H groups in total. The lowest BCUT2D eigenvalue weighted by Crippen LogP contribution is -2.21. The molecule has 12 heteroatoms. The molecule has 1 aliphatic heterocycles. The van der Waals surface area contributed by atoms with Crippen LogP contribution in [0.2, 0.25) is 0 Å². The number of carbonyl (C=O) groups excluding carboxylic acids is 1. The third-order valence-electron chi connectivity index (χ3n) is 5.88. The average Bonchev–Trinajstić information content (AvgIpc) is 3.49. The van der Waals surface area contributed by atoms with E-state index in [4.69, 9.17) is 14.6 Å². The second-order valence-electron chi connectivity index (χ2n) is 8.01. The minimum Gasteiger partial charge on any atom is -0.481 e. The standard InChI is InChI=1S/C22H23FN6O4S/c1-32-19-10-13(6-7-25-19)16-11-17(23)14-4-2-5-15(14)20(16)27-22(30)28-34(24,31)18-12-26-29-8-3-9-33-21(18)29/h6-7,10-12H,2-5,8-9H2,1H3,(H3,24,27,28,30,31). The molecule has 1 unspecified atom stereocenters. The summed E-state index contributed by atoms with van der Waals surface area (Å²) in [5.41, 5.74) is 2.68. The number of halogens is 1. The Balaban J connectivity index is 1.55. The van der Waals surface area contributed by atoms with Crippen LogP contribution in [-0.4, -0.2) is 38.7 Å². The van der Waals surface area contributed by atoms with Gasteiger partial charge in [0.05, 0.1) is 25.6 Å². The quantitative estimate of drug-likeness (QED) is 0.581. The third-order valence-corrected chi connectivity index (χ3v) is 7.23. The highest BCUT2D eigenvalue weighted by Gasteiger charge is 2.27. The van der Waals surface area contributed by atoms with Crippen molar-refractivity contribution in [1.29, 1.82) is 0 Å². The van der Waals surface area contributed by atoms with E-state index >= 15 is 0 Å². The number of rotatable bonds is 4. The van der Waals surface area contributed by atoms with E-state index in [1.807, 2.05) is 0 Å². The summed E-state index contributed by atoms with van der Waals surface area (Å²) in [5, 5.41) is 12.8. The molecule has 1 aliphatic carbocycles. The van der Waals surface area contributed by atoms with Gasteiger partial charge in [-0.25, -0.2) is 28.2 Å². The molecule has 0 radical (unpaired) electrons. The van der Waals surface area contributed by atoms with Crippen LogP contribution in [0.1, 0.15) is 24.0 Å². The van der Waals surface area contributed by atoms with E-state index in [0.29, 0.717) is 59.8 Å². The van der Waals surface area contributed by atoms with Crippen LogP contribution in [0.4, 0.5) is 14.9 Å². The van der Waals surface area contributed by atoms with Crippen molar-refractivity contribution in [2.24, 2.45) is 9.50 Å². The predicted molar refractivity (Wildman–Crippen MR) is 123 cm³/mol. The number of nitrogens with two attached hydrogens (primary N) is 1. The molecule has 1 atom stereocenters. The van der Waals surface area contributed by atoms with E-state index in [1.165, 1.54) is 25.6 Å².